The number of halogens is 1. The quantitative estimate of drug-likeness (QED) is 0.800. The lowest BCUT2D eigenvalue weighted by Gasteiger charge is -2.13. The molecule has 3 aromatic rings. The summed E-state index contributed by atoms with van der Waals surface area (Å²) in [7, 11) is 1.38. The Hall–Kier alpha value is -3.15. The summed E-state index contributed by atoms with van der Waals surface area (Å²) in [5.41, 5.74) is 0.361. The Bertz CT molecular complexity index is 994. The number of ether oxygens (including phenoxy) is 1. The van der Waals surface area contributed by atoms with Gasteiger partial charge in [0.05, 0.1) is 12.6 Å². The van der Waals surface area contributed by atoms with Crippen molar-refractivity contribution in [3.8, 4) is 5.75 Å². The van der Waals surface area contributed by atoms with E-state index in [9.17, 15) is 19.1 Å². The summed E-state index contributed by atoms with van der Waals surface area (Å²) in [6.45, 7) is 0.224. The van der Waals surface area contributed by atoms with E-state index in [1.165, 1.54) is 25.4 Å². The lowest BCUT2D eigenvalue weighted by Crippen LogP contribution is -2.19. The minimum absolute atomic E-state index is 0.134. The van der Waals surface area contributed by atoms with Gasteiger partial charge in [-0.2, -0.15) is 0 Å². The molecule has 6 heteroatoms. The highest BCUT2D eigenvalue weighted by molar-refractivity contribution is 5.92. The minimum atomic E-state index is -1.29. The molecule has 24 heavy (non-hydrogen) atoms. The van der Waals surface area contributed by atoms with Crippen LogP contribution in [0, 0.1) is 5.82 Å². The van der Waals surface area contributed by atoms with Gasteiger partial charge in [0.25, 0.3) is 0 Å². The normalized spacial score (nSPS) is 10.8. The van der Waals surface area contributed by atoms with Gasteiger partial charge in [-0.15, -0.1) is 0 Å². The standard InChI is InChI=1S/C18H14FNO4/c1-24-16-7-6-11(8-14(16)19)9-20-10-13(18(22)23)17(21)12-4-2-3-5-15(12)20/h2-8,10H,9H2,1H3,(H,22,23). The van der Waals surface area contributed by atoms with E-state index in [0.29, 0.717) is 16.5 Å². The fourth-order valence-electron chi connectivity index (χ4n) is 2.63. The molecular weight excluding hydrogens is 313 g/mol. The fraction of sp³-hybridized carbons (Fsp3) is 0.111. The maximum absolute atomic E-state index is 13.9. The average Bonchev–Trinajstić information content (AvgIpc) is 2.57. The van der Waals surface area contributed by atoms with E-state index in [1.807, 2.05) is 0 Å². The first-order valence-electron chi connectivity index (χ1n) is 7.19. The lowest BCUT2D eigenvalue weighted by atomic mass is 10.1. The number of hydrogen-bond acceptors (Lipinski definition) is 3. The van der Waals surface area contributed by atoms with E-state index < -0.39 is 17.2 Å². The highest BCUT2D eigenvalue weighted by Gasteiger charge is 2.14. The van der Waals surface area contributed by atoms with Crippen LogP contribution in [-0.4, -0.2) is 22.8 Å². The van der Waals surface area contributed by atoms with Crippen molar-refractivity contribution in [2.45, 2.75) is 6.54 Å². The Kier molecular flexibility index (Phi) is 4.04. The van der Waals surface area contributed by atoms with Gasteiger partial charge in [0, 0.05) is 18.1 Å². The Morgan fingerprint density at radius 3 is 2.67 bits per heavy atom. The molecule has 0 aliphatic rings. The van der Waals surface area contributed by atoms with E-state index in [4.69, 9.17) is 4.74 Å². The van der Waals surface area contributed by atoms with Gasteiger partial charge in [0.2, 0.25) is 5.43 Å². The number of pyridine rings is 1. The molecule has 122 valence electrons. The molecule has 0 amide bonds. The maximum atomic E-state index is 13.9. The molecule has 0 aliphatic carbocycles. The van der Waals surface area contributed by atoms with Crippen molar-refractivity contribution in [2.24, 2.45) is 0 Å². The number of aromatic carboxylic acids is 1. The lowest BCUT2D eigenvalue weighted by molar-refractivity contribution is 0.0695. The highest BCUT2D eigenvalue weighted by Crippen LogP contribution is 2.20. The minimum Gasteiger partial charge on any atom is -0.494 e. The number of para-hydroxylation sites is 1. The smallest absolute Gasteiger partial charge is 0.341 e. The molecule has 0 atom stereocenters. The molecule has 1 aromatic heterocycles. The highest BCUT2D eigenvalue weighted by atomic mass is 19.1. The Labute approximate surface area is 136 Å². The number of nitrogens with zero attached hydrogens (tertiary/aromatic N) is 1. The van der Waals surface area contributed by atoms with Gasteiger partial charge in [-0.25, -0.2) is 9.18 Å². The SMILES string of the molecule is COc1ccc(Cn2cc(C(=O)O)c(=O)c3ccccc32)cc1F. The number of carbonyl (C=O) groups is 1. The second-order valence-electron chi connectivity index (χ2n) is 5.29. The zero-order chi connectivity index (χ0) is 17.3. The first-order valence-corrected chi connectivity index (χ1v) is 7.19. The van der Waals surface area contributed by atoms with Crippen LogP contribution in [0.2, 0.25) is 0 Å². The van der Waals surface area contributed by atoms with Crippen LogP contribution in [0.5, 0.6) is 5.75 Å². The molecule has 0 saturated carbocycles. The summed E-state index contributed by atoms with van der Waals surface area (Å²) in [6.07, 6.45) is 1.29. The van der Waals surface area contributed by atoms with E-state index in [2.05, 4.69) is 0 Å². The summed E-state index contributed by atoms with van der Waals surface area (Å²) in [5.74, 6) is -1.66. The van der Waals surface area contributed by atoms with Gasteiger partial charge in [-0.05, 0) is 29.8 Å². The second-order valence-corrected chi connectivity index (χ2v) is 5.29. The predicted octanol–water partition coefficient (Wildman–Crippen LogP) is 2.90. The monoisotopic (exact) mass is 327 g/mol. The van der Waals surface area contributed by atoms with Crippen molar-refractivity contribution in [2.75, 3.05) is 7.11 Å². The van der Waals surface area contributed by atoms with Gasteiger partial charge < -0.3 is 14.4 Å². The number of benzene rings is 2. The van der Waals surface area contributed by atoms with Crippen LogP contribution in [0.25, 0.3) is 10.9 Å². The van der Waals surface area contributed by atoms with E-state index in [1.54, 1.807) is 34.9 Å². The number of carboxylic acid groups (broad SMARTS) is 1. The third-order valence-corrected chi connectivity index (χ3v) is 3.79. The van der Waals surface area contributed by atoms with Crippen molar-refractivity contribution in [3.63, 3.8) is 0 Å². The first-order chi connectivity index (χ1) is 11.5. The van der Waals surface area contributed by atoms with Gasteiger partial charge >= 0.3 is 5.97 Å². The number of methoxy groups -OCH3 is 1. The molecule has 1 N–H and O–H groups in total. The molecule has 0 spiro atoms. The first kappa shape index (κ1) is 15.7. The number of aromatic nitrogens is 1. The third-order valence-electron chi connectivity index (χ3n) is 3.79. The van der Waals surface area contributed by atoms with Crippen LogP contribution in [-0.2, 0) is 6.54 Å². The van der Waals surface area contributed by atoms with Crippen LogP contribution in [0.4, 0.5) is 4.39 Å². The van der Waals surface area contributed by atoms with Gasteiger partial charge in [-0.3, -0.25) is 4.79 Å². The molecule has 0 unspecified atom stereocenters. The van der Waals surface area contributed by atoms with Gasteiger partial charge in [0.15, 0.2) is 11.6 Å². The second kappa shape index (κ2) is 6.16. The van der Waals surface area contributed by atoms with E-state index in [0.717, 1.165) is 0 Å². The predicted molar refractivity (Wildman–Crippen MR) is 87.2 cm³/mol. The van der Waals surface area contributed by atoms with E-state index in [-0.39, 0.29) is 17.9 Å². The molecular formula is C18H14FNO4. The molecule has 3 rings (SSSR count). The molecule has 0 radical (unpaired) electrons. The van der Waals surface area contributed by atoms with Crippen LogP contribution in [0.1, 0.15) is 15.9 Å². The van der Waals surface area contributed by atoms with Gasteiger partial charge in [-0.1, -0.05) is 18.2 Å². The van der Waals surface area contributed by atoms with Crippen molar-refractivity contribution >= 4 is 16.9 Å². The summed E-state index contributed by atoms with van der Waals surface area (Å²) in [4.78, 5) is 23.6. The molecule has 0 saturated heterocycles. The van der Waals surface area contributed by atoms with Gasteiger partial charge in [0.1, 0.15) is 5.56 Å². The molecule has 0 fully saturated rings. The van der Waals surface area contributed by atoms with Crippen molar-refractivity contribution in [3.05, 3.63) is 75.8 Å². The fourth-order valence-corrected chi connectivity index (χ4v) is 2.63. The third kappa shape index (κ3) is 2.74. The average molecular weight is 327 g/mol. The van der Waals surface area contributed by atoms with Crippen molar-refractivity contribution in [1.82, 2.24) is 4.57 Å². The van der Waals surface area contributed by atoms with E-state index >= 15 is 0 Å². The van der Waals surface area contributed by atoms with Crippen LogP contribution in [0.3, 0.4) is 0 Å². The summed E-state index contributed by atoms with van der Waals surface area (Å²) in [6, 6.07) is 11.3. The Morgan fingerprint density at radius 2 is 2.00 bits per heavy atom. The maximum Gasteiger partial charge on any atom is 0.341 e. The topological polar surface area (TPSA) is 68.5 Å². The zero-order valence-electron chi connectivity index (χ0n) is 12.8. The summed E-state index contributed by atoms with van der Waals surface area (Å²) >= 11 is 0. The number of hydrogen-bond donors (Lipinski definition) is 1. The molecule has 5 nitrogen and oxygen atoms in total. The summed E-state index contributed by atoms with van der Waals surface area (Å²) in [5, 5.41) is 9.55. The number of rotatable bonds is 4. The number of carboxylic acids is 1. The molecule has 0 aliphatic heterocycles. The zero-order valence-corrected chi connectivity index (χ0v) is 12.8. The Morgan fingerprint density at radius 1 is 1.25 bits per heavy atom. The molecule has 1 heterocycles. The van der Waals surface area contributed by atoms with Crippen LogP contribution in [0.15, 0.2) is 53.5 Å². The molecule has 2 aromatic carbocycles. The Balaban J connectivity index is 2.15. The van der Waals surface area contributed by atoms with Crippen LogP contribution < -0.4 is 10.2 Å². The van der Waals surface area contributed by atoms with Crippen molar-refractivity contribution < 1.29 is 19.0 Å². The van der Waals surface area contributed by atoms with Crippen molar-refractivity contribution in [1.29, 1.82) is 0 Å². The summed E-state index contributed by atoms with van der Waals surface area (Å²) < 4.78 is 20.4. The number of fused-ring (bicyclic) bond motifs is 1. The largest absolute Gasteiger partial charge is 0.494 e. The van der Waals surface area contributed by atoms with Crippen LogP contribution >= 0.6 is 0 Å². The molecule has 0 bridgehead atoms.